The zero-order chi connectivity index (χ0) is 19.4. The highest BCUT2D eigenvalue weighted by Crippen LogP contribution is 2.26. The Hall–Kier alpha value is -2.68. The second-order valence-electron chi connectivity index (χ2n) is 5.23. The van der Waals surface area contributed by atoms with Crippen molar-refractivity contribution in [1.29, 1.82) is 0 Å². The summed E-state index contributed by atoms with van der Waals surface area (Å²) in [4.78, 5) is 22.6. The van der Waals surface area contributed by atoms with Crippen LogP contribution < -0.4 is 5.32 Å². The SMILES string of the molecule is O=C1NC(=NN=Cc2ccc(Cl)cc2Cl)S/C1=C\c1ccc([N+](=O)[O-])cc1. The minimum atomic E-state index is -0.482. The van der Waals surface area contributed by atoms with Gasteiger partial charge in [-0.2, -0.15) is 5.10 Å². The molecule has 0 radical (unpaired) electrons. The number of nitro groups is 1. The summed E-state index contributed by atoms with van der Waals surface area (Å²) in [7, 11) is 0. The first-order valence-corrected chi connectivity index (χ1v) is 9.01. The van der Waals surface area contributed by atoms with E-state index in [1.54, 1.807) is 36.4 Å². The number of hydrogen-bond donors (Lipinski definition) is 1. The molecule has 7 nitrogen and oxygen atoms in total. The minimum Gasteiger partial charge on any atom is -0.299 e. The molecule has 1 aliphatic rings. The molecule has 0 aliphatic carbocycles. The molecule has 0 unspecified atom stereocenters. The molecule has 0 aromatic heterocycles. The van der Waals surface area contributed by atoms with E-state index in [9.17, 15) is 14.9 Å². The molecule has 2 aromatic rings. The summed E-state index contributed by atoms with van der Waals surface area (Å²) in [5, 5.41) is 22.4. The Morgan fingerprint density at radius 1 is 1.15 bits per heavy atom. The van der Waals surface area contributed by atoms with Crippen LogP contribution in [0.15, 0.2) is 57.6 Å². The third-order valence-electron chi connectivity index (χ3n) is 3.36. The van der Waals surface area contributed by atoms with E-state index >= 15 is 0 Å². The lowest BCUT2D eigenvalue weighted by Gasteiger charge is -1.96. The lowest BCUT2D eigenvalue weighted by atomic mass is 10.2. The number of thioether (sulfide) groups is 1. The van der Waals surface area contributed by atoms with Crippen LogP contribution in [0.3, 0.4) is 0 Å². The highest BCUT2D eigenvalue weighted by molar-refractivity contribution is 8.18. The van der Waals surface area contributed by atoms with Gasteiger partial charge in [0.25, 0.3) is 11.6 Å². The number of benzene rings is 2. The first-order chi connectivity index (χ1) is 12.9. The average Bonchev–Trinajstić information content (AvgIpc) is 2.97. The van der Waals surface area contributed by atoms with Crippen LogP contribution in [0, 0.1) is 10.1 Å². The van der Waals surface area contributed by atoms with Crippen molar-refractivity contribution in [3.05, 3.63) is 78.7 Å². The smallest absolute Gasteiger partial charge is 0.269 e. The third-order valence-corrected chi connectivity index (χ3v) is 4.82. The molecule has 0 spiro atoms. The summed E-state index contributed by atoms with van der Waals surface area (Å²) < 4.78 is 0. The number of amidine groups is 1. The van der Waals surface area contributed by atoms with Gasteiger partial charge in [0.2, 0.25) is 0 Å². The molecule has 0 atom stereocenters. The van der Waals surface area contributed by atoms with Gasteiger partial charge in [-0.05, 0) is 47.7 Å². The van der Waals surface area contributed by atoms with Crippen LogP contribution in [0.4, 0.5) is 5.69 Å². The summed E-state index contributed by atoms with van der Waals surface area (Å²) >= 11 is 13.0. The first kappa shape index (κ1) is 19.1. The Morgan fingerprint density at radius 3 is 2.56 bits per heavy atom. The van der Waals surface area contributed by atoms with Gasteiger partial charge in [0.05, 0.1) is 21.1 Å². The van der Waals surface area contributed by atoms with Gasteiger partial charge in [-0.1, -0.05) is 29.3 Å². The van der Waals surface area contributed by atoms with E-state index in [0.29, 0.717) is 31.2 Å². The highest BCUT2D eigenvalue weighted by atomic mass is 35.5. The van der Waals surface area contributed by atoms with Crippen molar-refractivity contribution in [3.63, 3.8) is 0 Å². The van der Waals surface area contributed by atoms with Gasteiger partial charge in [-0.3, -0.25) is 20.2 Å². The molecule has 1 saturated heterocycles. The molecule has 1 aliphatic heterocycles. The van der Waals surface area contributed by atoms with Gasteiger partial charge in [-0.15, -0.1) is 5.10 Å². The van der Waals surface area contributed by atoms with E-state index in [1.165, 1.54) is 18.3 Å². The Bertz CT molecular complexity index is 1000. The fourth-order valence-corrected chi connectivity index (χ4v) is 3.30. The predicted molar refractivity (Wildman–Crippen MR) is 108 cm³/mol. The zero-order valence-corrected chi connectivity index (χ0v) is 15.8. The van der Waals surface area contributed by atoms with Gasteiger partial charge in [-0.25, -0.2) is 0 Å². The molecular formula is C17H10Cl2N4O3S. The molecule has 1 amide bonds. The van der Waals surface area contributed by atoms with Crippen molar-refractivity contribution in [2.45, 2.75) is 0 Å². The van der Waals surface area contributed by atoms with E-state index < -0.39 is 4.92 Å². The van der Waals surface area contributed by atoms with Crippen molar-refractivity contribution < 1.29 is 9.72 Å². The molecule has 2 aromatic carbocycles. The van der Waals surface area contributed by atoms with Crippen LogP contribution >= 0.6 is 35.0 Å². The largest absolute Gasteiger partial charge is 0.299 e. The number of nitro benzene ring substituents is 1. The van der Waals surface area contributed by atoms with Crippen LogP contribution in [0.5, 0.6) is 0 Å². The topological polar surface area (TPSA) is 97.0 Å². The maximum absolute atomic E-state index is 12.0. The summed E-state index contributed by atoms with van der Waals surface area (Å²) in [6.07, 6.45) is 3.07. The summed E-state index contributed by atoms with van der Waals surface area (Å²) in [6, 6.07) is 10.9. The highest BCUT2D eigenvalue weighted by Gasteiger charge is 2.23. The Morgan fingerprint density at radius 2 is 1.89 bits per heavy atom. The number of non-ortho nitro benzene ring substituents is 1. The molecule has 136 valence electrons. The monoisotopic (exact) mass is 420 g/mol. The molecule has 1 N–H and O–H groups in total. The van der Waals surface area contributed by atoms with Crippen LogP contribution in [-0.4, -0.2) is 22.2 Å². The van der Waals surface area contributed by atoms with Gasteiger partial charge in [0, 0.05) is 22.7 Å². The van der Waals surface area contributed by atoms with Gasteiger partial charge in [0.15, 0.2) is 5.17 Å². The van der Waals surface area contributed by atoms with E-state index in [1.807, 2.05) is 0 Å². The third kappa shape index (κ3) is 4.94. The molecule has 0 saturated carbocycles. The van der Waals surface area contributed by atoms with Crippen molar-refractivity contribution in [1.82, 2.24) is 5.32 Å². The molecule has 3 rings (SSSR count). The number of amides is 1. The average molecular weight is 421 g/mol. The lowest BCUT2D eigenvalue weighted by molar-refractivity contribution is -0.384. The maximum atomic E-state index is 12.0. The minimum absolute atomic E-state index is 0.0156. The Kier molecular flexibility index (Phi) is 5.90. The number of carbonyl (C=O) groups is 1. The molecule has 0 bridgehead atoms. The van der Waals surface area contributed by atoms with Crippen LogP contribution in [0.25, 0.3) is 6.08 Å². The van der Waals surface area contributed by atoms with Crippen LogP contribution in [-0.2, 0) is 4.79 Å². The molecule has 1 heterocycles. The molecule has 27 heavy (non-hydrogen) atoms. The van der Waals surface area contributed by atoms with E-state index in [2.05, 4.69) is 15.5 Å². The van der Waals surface area contributed by atoms with E-state index in [0.717, 1.165) is 11.8 Å². The number of hydrogen-bond acceptors (Lipinski definition) is 6. The fraction of sp³-hybridized carbons (Fsp3) is 0. The Balaban J connectivity index is 1.71. The van der Waals surface area contributed by atoms with Crippen LogP contribution in [0.1, 0.15) is 11.1 Å². The molecule has 1 fully saturated rings. The normalized spacial score (nSPS) is 17.0. The summed E-state index contributed by atoms with van der Waals surface area (Å²) in [5.41, 5.74) is 1.29. The number of nitrogens with one attached hydrogen (secondary N) is 1. The first-order valence-electron chi connectivity index (χ1n) is 7.44. The van der Waals surface area contributed by atoms with Gasteiger partial charge < -0.3 is 0 Å². The van der Waals surface area contributed by atoms with Crippen molar-refractivity contribution >= 4 is 64.0 Å². The van der Waals surface area contributed by atoms with Crippen molar-refractivity contribution in [2.75, 3.05) is 0 Å². The molecule has 10 heteroatoms. The summed E-state index contributed by atoms with van der Waals surface area (Å²) in [5.74, 6) is -0.322. The summed E-state index contributed by atoms with van der Waals surface area (Å²) in [6.45, 7) is 0. The number of nitrogens with zero attached hydrogens (tertiary/aromatic N) is 3. The fourth-order valence-electron chi connectivity index (χ4n) is 2.07. The number of rotatable bonds is 4. The van der Waals surface area contributed by atoms with Crippen molar-refractivity contribution in [3.8, 4) is 0 Å². The standard InChI is InChI=1S/C17H10Cl2N4O3S/c18-12-4-3-11(14(19)8-12)9-20-22-17-21-16(24)15(27-17)7-10-1-5-13(6-2-10)23(25)26/h1-9H,(H,21,22,24)/b15-7-,20-9?. The van der Waals surface area contributed by atoms with Crippen LogP contribution in [0.2, 0.25) is 10.0 Å². The maximum Gasteiger partial charge on any atom is 0.269 e. The quantitative estimate of drug-likeness (QED) is 0.340. The zero-order valence-electron chi connectivity index (χ0n) is 13.4. The predicted octanol–water partition coefficient (Wildman–Crippen LogP) is 4.50. The second-order valence-corrected chi connectivity index (χ2v) is 7.10. The van der Waals surface area contributed by atoms with Crippen molar-refractivity contribution in [2.24, 2.45) is 10.2 Å². The Labute approximate surface area is 167 Å². The number of halogens is 2. The van der Waals surface area contributed by atoms with E-state index in [-0.39, 0.29) is 11.6 Å². The van der Waals surface area contributed by atoms with Gasteiger partial charge >= 0.3 is 0 Å². The molecular weight excluding hydrogens is 411 g/mol. The number of carbonyl (C=O) groups excluding carboxylic acids is 1. The van der Waals surface area contributed by atoms with Gasteiger partial charge in [0.1, 0.15) is 0 Å². The lowest BCUT2D eigenvalue weighted by Crippen LogP contribution is -2.19. The van der Waals surface area contributed by atoms with E-state index in [4.69, 9.17) is 23.2 Å². The second kappa shape index (κ2) is 8.34.